The Bertz CT molecular complexity index is 976. The minimum Gasteiger partial charge on any atom is -0.271 e. The second-order valence-corrected chi connectivity index (χ2v) is 7.65. The van der Waals surface area contributed by atoms with Gasteiger partial charge in [0.2, 0.25) is 0 Å². The Balaban J connectivity index is 1.76. The van der Waals surface area contributed by atoms with E-state index in [2.05, 4.69) is 14.9 Å². The zero-order chi connectivity index (χ0) is 18.0. The number of anilines is 1. The molecule has 2 aromatic heterocycles. The molecular weight excluding hydrogens is 362 g/mol. The second kappa shape index (κ2) is 6.89. The molecule has 0 spiro atoms. The summed E-state index contributed by atoms with van der Waals surface area (Å²) >= 11 is 5.87. The molecule has 0 aliphatic heterocycles. The number of nitrogens with one attached hydrogen (secondary N) is 1. The average molecular weight is 380 g/mol. The molecule has 0 bridgehead atoms. The van der Waals surface area contributed by atoms with Crippen LogP contribution in [0, 0.1) is 6.92 Å². The van der Waals surface area contributed by atoms with Crippen molar-refractivity contribution in [2.75, 3.05) is 4.72 Å². The monoisotopic (exact) mass is 379 g/mol. The average Bonchev–Trinajstić information content (AvgIpc) is 3.16. The van der Waals surface area contributed by atoms with E-state index in [1.807, 2.05) is 19.1 Å². The van der Waals surface area contributed by atoms with Crippen molar-refractivity contribution >= 4 is 27.4 Å². The third-order valence-electron chi connectivity index (χ3n) is 3.65. The largest absolute Gasteiger partial charge is 0.271 e. The van der Waals surface area contributed by atoms with E-state index >= 15 is 0 Å². The first-order valence-corrected chi connectivity index (χ1v) is 9.58. The molecule has 0 saturated carbocycles. The molecule has 3 rings (SSSR count). The lowest BCUT2D eigenvalue weighted by molar-refractivity contribution is 0.599. The van der Waals surface area contributed by atoms with Crippen LogP contribution in [0.3, 0.4) is 0 Å². The quantitative estimate of drug-likeness (QED) is 0.713. The second-order valence-electron chi connectivity index (χ2n) is 5.56. The van der Waals surface area contributed by atoms with Crippen LogP contribution in [0.5, 0.6) is 0 Å². The fourth-order valence-corrected chi connectivity index (χ4v) is 3.71. The van der Waals surface area contributed by atoms with Gasteiger partial charge in [0.25, 0.3) is 10.0 Å². The van der Waals surface area contributed by atoms with Crippen LogP contribution >= 0.6 is 11.6 Å². The van der Waals surface area contributed by atoms with E-state index < -0.39 is 10.0 Å². The lowest BCUT2D eigenvalue weighted by Crippen LogP contribution is -2.14. The molecule has 1 aromatic carbocycles. The topological polar surface area (TPSA) is 81.8 Å². The van der Waals surface area contributed by atoms with Crippen LogP contribution in [0.25, 0.3) is 0 Å². The maximum Gasteiger partial charge on any atom is 0.266 e. The number of aryl methyl sites for hydroxylation is 2. The molecule has 0 aliphatic rings. The normalized spacial score (nSPS) is 11.6. The Kier molecular flexibility index (Phi) is 4.82. The van der Waals surface area contributed by atoms with E-state index in [9.17, 15) is 8.42 Å². The van der Waals surface area contributed by atoms with Crippen LogP contribution in [-0.4, -0.2) is 28.0 Å². The van der Waals surface area contributed by atoms with Crippen LogP contribution in [0.4, 0.5) is 5.82 Å². The predicted octanol–water partition coefficient (Wildman–Crippen LogP) is 2.91. The lowest BCUT2D eigenvalue weighted by Gasteiger charge is -2.04. The summed E-state index contributed by atoms with van der Waals surface area (Å²) in [5.74, 6) is 0.262. The van der Waals surface area contributed by atoms with Gasteiger partial charge in [-0.05, 0) is 31.5 Å². The van der Waals surface area contributed by atoms with Crippen molar-refractivity contribution in [1.29, 1.82) is 0 Å². The number of halogens is 1. The van der Waals surface area contributed by atoms with Gasteiger partial charge in [0, 0.05) is 30.0 Å². The van der Waals surface area contributed by atoms with Crippen molar-refractivity contribution < 1.29 is 8.42 Å². The minimum absolute atomic E-state index is 0.154. The van der Waals surface area contributed by atoms with E-state index in [1.165, 1.54) is 6.20 Å². The summed E-state index contributed by atoms with van der Waals surface area (Å²) in [6, 6.07) is 9.02. The van der Waals surface area contributed by atoms with Crippen molar-refractivity contribution in [2.24, 2.45) is 0 Å². The van der Waals surface area contributed by atoms with Gasteiger partial charge in [-0.2, -0.15) is 10.2 Å². The fourth-order valence-electron chi connectivity index (χ4n) is 2.40. The zero-order valence-electron chi connectivity index (χ0n) is 13.8. The van der Waals surface area contributed by atoms with Crippen LogP contribution < -0.4 is 4.72 Å². The van der Waals surface area contributed by atoms with Gasteiger partial charge in [0.1, 0.15) is 4.90 Å². The Hall–Kier alpha value is -2.32. The molecule has 0 unspecified atom stereocenters. The van der Waals surface area contributed by atoms with Crippen molar-refractivity contribution in [3.05, 3.63) is 59.0 Å². The number of rotatable bonds is 6. The molecule has 0 aliphatic carbocycles. The van der Waals surface area contributed by atoms with Crippen molar-refractivity contribution in [2.45, 2.75) is 31.8 Å². The maximum absolute atomic E-state index is 12.5. The Morgan fingerprint density at radius 2 is 1.84 bits per heavy atom. The van der Waals surface area contributed by atoms with Crippen molar-refractivity contribution in [3.8, 4) is 0 Å². The first-order valence-electron chi connectivity index (χ1n) is 7.72. The number of nitrogens with zero attached hydrogens (tertiary/aromatic N) is 4. The van der Waals surface area contributed by atoms with Gasteiger partial charge in [-0.1, -0.05) is 23.7 Å². The highest BCUT2D eigenvalue weighted by Gasteiger charge is 2.21. The summed E-state index contributed by atoms with van der Waals surface area (Å²) in [5, 5.41) is 9.10. The summed E-state index contributed by atoms with van der Waals surface area (Å²) in [4.78, 5) is 0.154. The number of hydrogen-bond donors (Lipinski definition) is 1. The van der Waals surface area contributed by atoms with Crippen LogP contribution in [-0.2, 0) is 23.1 Å². The van der Waals surface area contributed by atoms with E-state index in [1.54, 1.807) is 40.7 Å². The first-order chi connectivity index (χ1) is 11.9. The molecule has 25 heavy (non-hydrogen) atoms. The summed E-state index contributed by atoms with van der Waals surface area (Å²) in [7, 11) is -3.73. The molecule has 7 nitrogen and oxygen atoms in total. The highest BCUT2D eigenvalue weighted by Crippen LogP contribution is 2.18. The summed E-state index contributed by atoms with van der Waals surface area (Å²) in [6.45, 7) is 4.69. The fraction of sp³-hybridized carbons (Fsp3) is 0.250. The molecular formula is C16H18ClN5O2S. The van der Waals surface area contributed by atoms with E-state index in [4.69, 9.17) is 11.6 Å². The highest BCUT2D eigenvalue weighted by molar-refractivity contribution is 7.92. The van der Waals surface area contributed by atoms with Crippen LogP contribution in [0.1, 0.15) is 18.2 Å². The van der Waals surface area contributed by atoms with Gasteiger partial charge in [-0.15, -0.1) is 0 Å². The van der Waals surface area contributed by atoms with E-state index in [0.717, 1.165) is 5.56 Å². The van der Waals surface area contributed by atoms with Crippen LogP contribution in [0.2, 0.25) is 5.02 Å². The molecule has 0 amide bonds. The molecule has 3 aromatic rings. The van der Waals surface area contributed by atoms with Gasteiger partial charge < -0.3 is 0 Å². The van der Waals surface area contributed by atoms with Gasteiger partial charge in [-0.25, -0.2) is 8.42 Å². The summed E-state index contributed by atoms with van der Waals surface area (Å²) in [6.07, 6.45) is 3.23. The Morgan fingerprint density at radius 3 is 2.48 bits per heavy atom. The molecule has 9 heteroatoms. The minimum atomic E-state index is -3.73. The summed E-state index contributed by atoms with van der Waals surface area (Å²) < 4.78 is 30.8. The molecule has 0 fully saturated rings. The molecule has 0 saturated heterocycles. The Morgan fingerprint density at radius 1 is 1.12 bits per heavy atom. The van der Waals surface area contributed by atoms with E-state index in [-0.39, 0.29) is 10.7 Å². The molecule has 2 heterocycles. The third-order valence-corrected chi connectivity index (χ3v) is 5.36. The molecule has 132 valence electrons. The van der Waals surface area contributed by atoms with Gasteiger partial charge in [0.15, 0.2) is 5.82 Å². The zero-order valence-corrected chi connectivity index (χ0v) is 15.4. The molecule has 1 N–H and O–H groups in total. The third kappa shape index (κ3) is 4.02. The number of sulfonamides is 1. The number of hydrogen-bond acceptors (Lipinski definition) is 4. The van der Waals surface area contributed by atoms with Crippen LogP contribution in [0.15, 0.2) is 47.6 Å². The highest BCUT2D eigenvalue weighted by atomic mass is 35.5. The maximum atomic E-state index is 12.5. The van der Waals surface area contributed by atoms with Gasteiger partial charge >= 0.3 is 0 Å². The SMILES string of the molecule is CCn1cc(S(=O)(=O)Nc2ccn(Cc3ccc(Cl)cc3)n2)c(C)n1. The number of aromatic nitrogens is 4. The molecule has 0 radical (unpaired) electrons. The smallest absolute Gasteiger partial charge is 0.266 e. The van der Waals surface area contributed by atoms with Crippen molar-refractivity contribution in [1.82, 2.24) is 19.6 Å². The van der Waals surface area contributed by atoms with Gasteiger partial charge in [0.05, 0.1) is 12.2 Å². The van der Waals surface area contributed by atoms with Crippen molar-refractivity contribution in [3.63, 3.8) is 0 Å². The molecule has 0 atom stereocenters. The van der Waals surface area contributed by atoms with E-state index in [0.29, 0.717) is 23.8 Å². The lowest BCUT2D eigenvalue weighted by atomic mass is 10.2. The van der Waals surface area contributed by atoms with Gasteiger partial charge in [-0.3, -0.25) is 14.1 Å². The predicted molar refractivity (Wildman–Crippen MR) is 96.2 cm³/mol. The Labute approximate surface area is 151 Å². The summed E-state index contributed by atoms with van der Waals surface area (Å²) in [5.41, 5.74) is 1.47. The first kappa shape index (κ1) is 17.5. The number of benzene rings is 1. The standard InChI is InChI=1S/C16H18ClN5O2S/c1-3-21-11-15(12(2)18-21)25(23,24)20-16-8-9-22(19-16)10-13-4-6-14(17)7-5-13/h4-9,11H,3,10H2,1-2H3,(H,19,20).